The van der Waals surface area contributed by atoms with Crippen molar-refractivity contribution in [1.82, 2.24) is 5.32 Å². The molecule has 0 aromatic rings. The van der Waals surface area contributed by atoms with Crippen LogP contribution in [0.15, 0.2) is 0 Å². The van der Waals surface area contributed by atoms with Gasteiger partial charge < -0.3 is 10.4 Å². The zero-order valence-corrected chi connectivity index (χ0v) is 9.88. The number of hydrogen-bond acceptors (Lipinski definition) is 2. The van der Waals surface area contributed by atoms with Gasteiger partial charge in [0.05, 0.1) is 0 Å². The number of hydrogen-bond donors (Lipinski definition) is 2. The van der Waals surface area contributed by atoms with Crippen molar-refractivity contribution >= 4 is 5.97 Å². The summed E-state index contributed by atoms with van der Waals surface area (Å²) >= 11 is 0. The topological polar surface area (TPSA) is 49.3 Å². The summed E-state index contributed by atoms with van der Waals surface area (Å²) in [5.41, 5.74) is -0.737. The van der Waals surface area contributed by atoms with Gasteiger partial charge in [0.1, 0.15) is 5.54 Å². The zero-order chi connectivity index (χ0) is 11.3. The molecule has 0 aromatic heterocycles. The van der Waals surface area contributed by atoms with E-state index in [4.69, 9.17) is 5.11 Å². The molecule has 0 bridgehead atoms. The average Bonchev–Trinajstić information content (AvgIpc) is 2.70. The Kier molecular flexibility index (Phi) is 4.58. The second-order valence-corrected chi connectivity index (χ2v) is 4.86. The fraction of sp³-hybridized carbons (Fsp3) is 0.917. The van der Waals surface area contributed by atoms with Crippen molar-refractivity contribution in [2.24, 2.45) is 5.92 Å². The van der Waals surface area contributed by atoms with Crippen molar-refractivity contribution in [3.63, 3.8) is 0 Å². The minimum absolute atomic E-state index is 0.632. The molecule has 1 atom stereocenters. The SMILES string of the molecule is CCC(C)(NCCC1CCCC1)C(=O)O. The standard InChI is InChI=1S/C12H23NO2/c1-3-12(2,11(14)15)13-9-8-10-6-4-5-7-10/h10,13H,3-9H2,1-2H3,(H,14,15). The maximum Gasteiger partial charge on any atom is 0.323 e. The Morgan fingerprint density at radius 2 is 2.07 bits per heavy atom. The highest BCUT2D eigenvalue weighted by atomic mass is 16.4. The predicted molar refractivity (Wildman–Crippen MR) is 60.9 cm³/mol. The van der Waals surface area contributed by atoms with E-state index in [0.717, 1.165) is 18.9 Å². The van der Waals surface area contributed by atoms with E-state index in [1.54, 1.807) is 6.92 Å². The second kappa shape index (κ2) is 5.50. The Hall–Kier alpha value is -0.570. The minimum atomic E-state index is -0.739. The molecule has 0 spiro atoms. The van der Waals surface area contributed by atoms with Gasteiger partial charge >= 0.3 is 5.97 Å². The van der Waals surface area contributed by atoms with Gasteiger partial charge in [-0.3, -0.25) is 4.79 Å². The Balaban J connectivity index is 2.25. The molecule has 88 valence electrons. The lowest BCUT2D eigenvalue weighted by Crippen LogP contribution is -2.49. The summed E-state index contributed by atoms with van der Waals surface area (Å²) in [4.78, 5) is 11.0. The molecule has 1 saturated carbocycles. The van der Waals surface area contributed by atoms with Crippen molar-refractivity contribution in [2.45, 2.75) is 57.9 Å². The van der Waals surface area contributed by atoms with E-state index in [1.807, 2.05) is 6.92 Å². The minimum Gasteiger partial charge on any atom is -0.480 e. The number of nitrogens with one attached hydrogen (secondary N) is 1. The monoisotopic (exact) mass is 213 g/mol. The van der Waals surface area contributed by atoms with Crippen LogP contribution >= 0.6 is 0 Å². The predicted octanol–water partition coefficient (Wildman–Crippen LogP) is 2.41. The Morgan fingerprint density at radius 1 is 1.47 bits per heavy atom. The van der Waals surface area contributed by atoms with Crippen LogP contribution in [0, 0.1) is 5.92 Å². The van der Waals surface area contributed by atoms with Gasteiger partial charge in [-0.05, 0) is 32.2 Å². The summed E-state index contributed by atoms with van der Waals surface area (Å²) in [6.07, 6.45) is 7.13. The third-order valence-corrected chi connectivity index (χ3v) is 3.72. The van der Waals surface area contributed by atoms with Gasteiger partial charge in [0.25, 0.3) is 0 Å². The molecule has 1 fully saturated rings. The van der Waals surface area contributed by atoms with E-state index >= 15 is 0 Å². The third-order valence-electron chi connectivity index (χ3n) is 3.72. The van der Waals surface area contributed by atoms with Gasteiger partial charge in [0.15, 0.2) is 0 Å². The number of aliphatic carboxylic acids is 1. The van der Waals surface area contributed by atoms with E-state index in [1.165, 1.54) is 25.7 Å². The first-order chi connectivity index (χ1) is 7.08. The number of carboxylic acid groups (broad SMARTS) is 1. The highest BCUT2D eigenvalue weighted by Crippen LogP contribution is 2.27. The molecule has 1 aliphatic carbocycles. The van der Waals surface area contributed by atoms with Gasteiger partial charge in [-0.25, -0.2) is 0 Å². The summed E-state index contributed by atoms with van der Waals surface area (Å²) in [5, 5.41) is 12.2. The van der Waals surface area contributed by atoms with E-state index in [0.29, 0.717) is 6.42 Å². The summed E-state index contributed by atoms with van der Waals surface area (Å²) in [7, 11) is 0. The van der Waals surface area contributed by atoms with Crippen molar-refractivity contribution in [2.75, 3.05) is 6.54 Å². The zero-order valence-electron chi connectivity index (χ0n) is 9.88. The van der Waals surface area contributed by atoms with Crippen LogP contribution in [0.25, 0.3) is 0 Å². The van der Waals surface area contributed by atoms with Gasteiger partial charge in [0, 0.05) is 0 Å². The molecule has 0 radical (unpaired) electrons. The Morgan fingerprint density at radius 3 is 2.53 bits per heavy atom. The molecule has 1 unspecified atom stereocenters. The highest BCUT2D eigenvalue weighted by Gasteiger charge is 2.30. The normalized spacial score (nSPS) is 21.5. The van der Waals surface area contributed by atoms with Crippen LogP contribution in [0.2, 0.25) is 0 Å². The molecule has 0 aromatic carbocycles. The molecule has 2 N–H and O–H groups in total. The smallest absolute Gasteiger partial charge is 0.323 e. The molecule has 0 aliphatic heterocycles. The van der Waals surface area contributed by atoms with Crippen molar-refractivity contribution in [3.8, 4) is 0 Å². The van der Waals surface area contributed by atoms with Crippen LogP contribution in [0.4, 0.5) is 0 Å². The van der Waals surface area contributed by atoms with Gasteiger partial charge in [-0.15, -0.1) is 0 Å². The molecule has 1 rings (SSSR count). The van der Waals surface area contributed by atoms with Gasteiger partial charge in [0.2, 0.25) is 0 Å². The van der Waals surface area contributed by atoms with Crippen LogP contribution in [0.5, 0.6) is 0 Å². The highest BCUT2D eigenvalue weighted by molar-refractivity contribution is 5.78. The van der Waals surface area contributed by atoms with Gasteiger partial charge in [-0.2, -0.15) is 0 Å². The molecule has 1 aliphatic rings. The average molecular weight is 213 g/mol. The molecule has 15 heavy (non-hydrogen) atoms. The first kappa shape index (κ1) is 12.5. The fourth-order valence-corrected chi connectivity index (χ4v) is 2.20. The summed E-state index contributed by atoms with van der Waals surface area (Å²) in [6, 6.07) is 0. The van der Waals surface area contributed by atoms with E-state index in [2.05, 4.69) is 5.32 Å². The van der Waals surface area contributed by atoms with E-state index in [9.17, 15) is 4.79 Å². The van der Waals surface area contributed by atoms with Crippen LogP contribution in [0.1, 0.15) is 52.4 Å². The first-order valence-corrected chi connectivity index (χ1v) is 6.07. The van der Waals surface area contributed by atoms with Crippen LogP contribution < -0.4 is 5.32 Å². The van der Waals surface area contributed by atoms with E-state index in [-0.39, 0.29) is 0 Å². The maximum absolute atomic E-state index is 11.0. The number of carboxylic acids is 1. The molecular weight excluding hydrogens is 190 g/mol. The van der Waals surface area contributed by atoms with Crippen molar-refractivity contribution in [3.05, 3.63) is 0 Å². The third kappa shape index (κ3) is 3.49. The second-order valence-electron chi connectivity index (χ2n) is 4.86. The number of carbonyl (C=O) groups is 1. The van der Waals surface area contributed by atoms with Crippen molar-refractivity contribution < 1.29 is 9.90 Å². The Labute approximate surface area is 92.3 Å². The van der Waals surface area contributed by atoms with Crippen LogP contribution in [-0.2, 0) is 4.79 Å². The molecule has 3 nitrogen and oxygen atoms in total. The molecule has 0 heterocycles. The molecule has 0 amide bonds. The lowest BCUT2D eigenvalue weighted by molar-refractivity contribution is -0.144. The number of rotatable bonds is 6. The Bertz CT molecular complexity index is 212. The summed E-state index contributed by atoms with van der Waals surface area (Å²) < 4.78 is 0. The summed E-state index contributed by atoms with van der Waals surface area (Å²) in [6.45, 7) is 4.52. The van der Waals surface area contributed by atoms with Crippen molar-refractivity contribution in [1.29, 1.82) is 0 Å². The van der Waals surface area contributed by atoms with Crippen LogP contribution in [-0.4, -0.2) is 23.2 Å². The van der Waals surface area contributed by atoms with Gasteiger partial charge in [-0.1, -0.05) is 32.6 Å². The lowest BCUT2D eigenvalue weighted by Gasteiger charge is -2.25. The molecular formula is C12H23NO2. The first-order valence-electron chi connectivity index (χ1n) is 6.07. The summed E-state index contributed by atoms with van der Waals surface area (Å²) in [5.74, 6) is 0.0869. The quantitative estimate of drug-likeness (QED) is 0.712. The molecule has 0 saturated heterocycles. The maximum atomic E-state index is 11.0. The van der Waals surface area contributed by atoms with Crippen LogP contribution in [0.3, 0.4) is 0 Å². The lowest BCUT2D eigenvalue weighted by atomic mass is 9.97. The molecule has 3 heteroatoms. The fourth-order valence-electron chi connectivity index (χ4n) is 2.20. The van der Waals surface area contributed by atoms with E-state index < -0.39 is 11.5 Å². The largest absolute Gasteiger partial charge is 0.480 e.